The van der Waals surface area contributed by atoms with E-state index in [9.17, 15) is 5.11 Å². The zero-order valence-electron chi connectivity index (χ0n) is 11.3. The van der Waals surface area contributed by atoms with Gasteiger partial charge >= 0.3 is 0 Å². The maximum absolute atomic E-state index is 10.3. The molecule has 3 saturated carbocycles. The smallest absolute Gasteiger partial charge is 0.0628 e. The molecule has 3 fully saturated rings. The Morgan fingerprint density at radius 2 is 1.71 bits per heavy atom. The highest BCUT2D eigenvalue weighted by Gasteiger charge is 2.67. The molecule has 0 aromatic carbocycles. The van der Waals surface area contributed by atoms with Gasteiger partial charge in [-0.25, -0.2) is 0 Å². The van der Waals surface area contributed by atoms with E-state index in [1.807, 2.05) is 6.92 Å². The number of rotatable bonds is 1. The minimum Gasteiger partial charge on any atom is -0.390 e. The maximum atomic E-state index is 10.3. The lowest BCUT2D eigenvalue weighted by molar-refractivity contribution is 0.0308. The van der Waals surface area contributed by atoms with Crippen LogP contribution in [0.3, 0.4) is 0 Å². The van der Waals surface area contributed by atoms with Crippen molar-refractivity contribution in [1.29, 1.82) is 0 Å². The van der Waals surface area contributed by atoms with Crippen LogP contribution < -0.4 is 0 Å². The normalized spacial score (nSPS) is 56.6. The standard InChI is InChI=1S/C15H25BrO/c1-13(2)6-10(4-5-12(13)16)15-8-11(15)7-14(3,17)9-15/h10-12,17H,4-9H2,1-3H3. The van der Waals surface area contributed by atoms with E-state index in [4.69, 9.17) is 0 Å². The van der Waals surface area contributed by atoms with Gasteiger partial charge in [-0.3, -0.25) is 0 Å². The summed E-state index contributed by atoms with van der Waals surface area (Å²) < 4.78 is 0. The van der Waals surface area contributed by atoms with Gasteiger partial charge in [-0.05, 0) is 68.1 Å². The van der Waals surface area contributed by atoms with Gasteiger partial charge in [-0.2, -0.15) is 0 Å². The van der Waals surface area contributed by atoms with Crippen LogP contribution in [0.1, 0.15) is 59.3 Å². The van der Waals surface area contributed by atoms with Gasteiger partial charge in [0.25, 0.3) is 0 Å². The van der Waals surface area contributed by atoms with E-state index >= 15 is 0 Å². The second kappa shape index (κ2) is 3.50. The molecule has 3 rings (SSSR count). The Labute approximate surface area is 113 Å². The molecule has 98 valence electrons. The number of fused-ring (bicyclic) bond motifs is 1. The number of aliphatic hydroxyl groups is 1. The highest BCUT2D eigenvalue weighted by Crippen LogP contribution is 2.72. The van der Waals surface area contributed by atoms with Crippen molar-refractivity contribution in [1.82, 2.24) is 0 Å². The van der Waals surface area contributed by atoms with E-state index in [-0.39, 0.29) is 5.60 Å². The van der Waals surface area contributed by atoms with Gasteiger partial charge in [0.1, 0.15) is 0 Å². The van der Waals surface area contributed by atoms with Crippen LogP contribution in [0, 0.1) is 22.7 Å². The monoisotopic (exact) mass is 300 g/mol. The Balaban J connectivity index is 1.75. The van der Waals surface area contributed by atoms with Crippen LogP contribution >= 0.6 is 15.9 Å². The number of halogens is 1. The quantitative estimate of drug-likeness (QED) is 0.722. The summed E-state index contributed by atoms with van der Waals surface area (Å²) in [5.41, 5.74) is 0.603. The maximum Gasteiger partial charge on any atom is 0.0628 e. The first-order valence-electron chi connectivity index (χ1n) is 7.12. The molecule has 0 amide bonds. The summed E-state index contributed by atoms with van der Waals surface area (Å²) in [4.78, 5) is 0.682. The van der Waals surface area contributed by atoms with E-state index < -0.39 is 0 Å². The van der Waals surface area contributed by atoms with Crippen molar-refractivity contribution in [3.63, 3.8) is 0 Å². The van der Waals surface area contributed by atoms with Gasteiger partial charge in [0.2, 0.25) is 0 Å². The molecule has 5 atom stereocenters. The molecular weight excluding hydrogens is 276 g/mol. The lowest BCUT2D eigenvalue weighted by atomic mass is 9.66. The molecule has 0 aromatic heterocycles. The molecule has 0 spiro atoms. The molecule has 3 aliphatic rings. The van der Waals surface area contributed by atoms with Crippen LogP contribution in [0.4, 0.5) is 0 Å². The van der Waals surface area contributed by atoms with E-state index in [0.717, 1.165) is 24.7 Å². The molecule has 5 unspecified atom stereocenters. The molecule has 0 aromatic rings. The van der Waals surface area contributed by atoms with Gasteiger partial charge in [0.15, 0.2) is 0 Å². The molecule has 0 bridgehead atoms. The second-order valence-electron chi connectivity index (χ2n) is 7.95. The van der Waals surface area contributed by atoms with E-state index in [1.54, 1.807) is 0 Å². The molecule has 3 aliphatic carbocycles. The number of hydrogen-bond acceptors (Lipinski definition) is 1. The highest BCUT2D eigenvalue weighted by molar-refractivity contribution is 9.09. The molecule has 0 radical (unpaired) electrons. The minimum absolute atomic E-state index is 0.363. The molecular formula is C15H25BrO. The van der Waals surface area contributed by atoms with E-state index in [0.29, 0.717) is 15.7 Å². The predicted octanol–water partition coefficient (Wildman–Crippen LogP) is 4.13. The molecule has 1 N–H and O–H groups in total. The average Bonchev–Trinajstić information content (AvgIpc) is 2.75. The highest BCUT2D eigenvalue weighted by atomic mass is 79.9. The Hall–Kier alpha value is 0.440. The van der Waals surface area contributed by atoms with Crippen LogP contribution in [0.25, 0.3) is 0 Å². The zero-order valence-corrected chi connectivity index (χ0v) is 12.9. The molecule has 2 heteroatoms. The third kappa shape index (κ3) is 1.90. The average molecular weight is 301 g/mol. The molecule has 1 nitrogen and oxygen atoms in total. The first-order valence-corrected chi connectivity index (χ1v) is 8.03. The molecule has 0 heterocycles. The predicted molar refractivity (Wildman–Crippen MR) is 74.2 cm³/mol. The van der Waals surface area contributed by atoms with Gasteiger partial charge in [0, 0.05) is 4.83 Å². The van der Waals surface area contributed by atoms with Crippen molar-refractivity contribution in [3.8, 4) is 0 Å². The fourth-order valence-electron chi connectivity index (χ4n) is 4.94. The minimum atomic E-state index is -0.363. The molecule has 0 saturated heterocycles. The summed E-state index contributed by atoms with van der Waals surface area (Å²) in [7, 11) is 0. The fourth-order valence-corrected chi connectivity index (χ4v) is 5.39. The van der Waals surface area contributed by atoms with Gasteiger partial charge in [-0.15, -0.1) is 0 Å². The van der Waals surface area contributed by atoms with Crippen LogP contribution in [0.15, 0.2) is 0 Å². The molecule has 0 aliphatic heterocycles. The first kappa shape index (κ1) is 12.5. The van der Waals surface area contributed by atoms with Crippen molar-refractivity contribution in [2.75, 3.05) is 0 Å². The summed E-state index contributed by atoms with van der Waals surface area (Å²) in [6.45, 7) is 6.85. The third-order valence-corrected chi connectivity index (χ3v) is 7.57. The van der Waals surface area contributed by atoms with Crippen LogP contribution in [0.5, 0.6) is 0 Å². The Morgan fingerprint density at radius 1 is 1.00 bits per heavy atom. The van der Waals surface area contributed by atoms with Crippen LogP contribution in [-0.2, 0) is 0 Å². The number of hydrogen-bond donors (Lipinski definition) is 1. The first-order chi connectivity index (χ1) is 7.75. The van der Waals surface area contributed by atoms with Crippen LogP contribution in [-0.4, -0.2) is 15.5 Å². The lowest BCUT2D eigenvalue weighted by Crippen LogP contribution is -2.37. The summed E-state index contributed by atoms with van der Waals surface area (Å²) >= 11 is 3.85. The fraction of sp³-hybridized carbons (Fsp3) is 1.00. The topological polar surface area (TPSA) is 20.2 Å². The Bertz CT molecular complexity index is 336. The summed E-state index contributed by atoms with van der Waals surface area (Å²) in [5.74, 6) is 1.70. The van der Waals surface area contributed by atoms with Crippen molar-refractivity contribution in [2.24, 2.45) is 22.7 Å². The van der Waals surface area contributed by atoms with Gasteiger partial charge in [-0.1, -0.05) is 29.8 Å². The van der Waals surface area contributed by atoms with E-state index in [2.05, 4.69) is 29.8 Å². The van der Waals surface area contributed by atoms with Gasteiger partial charge < -0.3 is 5.11 Å². The van der Waals surface area contributed by atoms with E-state index in [1.165, 1.54) is 25.7 Å². The summed E-state index contributed by atoms with van der Waals surface area (Å²) in [6, 6.07) is 0. The Morgan fingerprint density at radius 3 is 2.24 bits per heavy atom. The summed E-state index contributed by atoms with van der Waals surface area (Å²) in [5, 5.41) is 10.3. The SMILES string of the molecule is CC1(O)CC2CC2(C2CCC(Br)C(C)(C)C2)C1. The second-order valence-corrected chi connectivity index (χ2v) is 9.05. The van der Waals surface area contributed by atoms with Crippen LogP contribution in [0.2, 0.25) is 0 Å². The van der Waals surface area contributed by atoms with Crippen molar-refractivity contribution in [2.45, 2.75) is 69.7 Å². The summed E-state index contributed by atoms with van der Waals surface area (Å²) in [6.07, 6.45) is 7.55. The van der Waals surface area contributed by atoms with Crippen molar-refractivity contribution < 1.29 is 5.11 Å². The Kier molecular flexibility index (Phi) is 2.57. The van der Waals surface area contributed by atoms with Gasteiger partial charge in [0.05, 0.1) is 5.60 Å². The largest absolute Gasteiger partial charge is 0.390 e. The lowest BCUT2D eigenvalue weighted by Gasteiger charge is -2.43. The van der Waals surface area contributed by atoms with Crippen molar-refractivity contribution in [3.05, 3.63) is 0 Å². The zero-order chi connectivity index (χ0) is 12.5. The molecule has 17 heavy (non-hydrogen) atoms. The third-order valence-electron chi connectivity index (χ3n) is 5.88. The van der Waals surface area contributed by atoms with Crippen molar-refractivity contribution >= 4 is 15.9 Å². The number of alkyl halides is 1.